The molecule has 16 heavy (non-hydrogen) atoms. The van der Waals surface area contributed by atoms with Crippen molar-refractivity contribution < 1.29 is 17.9 Å². The number of rotatable bonds is 6. The molecule has 0 radical (unpaired) electrons. The highest BCUT2D eigenvalue weighted by atomic mass is 19.4. The largest absolute Gasteiger partial charge is 0.488 e. The fourth-order valence-corrected chi connectivity index (χ4v) is 1.77. The van der Waals surface area contributed by atoms with Crippen molar-refractivity contribution in [3.05, 3.63) is 11.8 Å². The molecule has 0 fully saturated rings. The van der Waals surface area contributed by atoms with Crippen molar-refractivity contribution in [1.29, 1.82) is 0 Å². The van der Waals surface area contributed by atoms with Gasteiger partial charge in [0.15, 0.2) is 6.61 Å². The van der Waals surface area contributed by atoms with Gasteiger partial charge in [-0.25, -0.2) is 0 Å². The number of halogens is 3. The molecule has 1 aliphatic rings. The maximum atomic E-state index is 11.9. The number of hydrogen-bond acceptors (Lipinski definition) is 2. The molecule has 2 unspecified atom stereocenters. The first-order valence-corrected chi connectivity index (χ1v) is 5.43. The molecular formula is C11H18F3NO. The second-order valence-corrected chi connectivity index (χ2v) is 4.54. The molecule has 2 N–H and O–H groups in total. The lowest BCUT2D eigenvalue weighted by molar-refractivity contribution is -0.165. The van der Waals surface area contributed by atoms with E-state index in [0.717, 1.165) is 12.8 Å². The highest BCUT2D eigenvalue weighted by Gasteiger charge is 2.44. The smallest absolute Gasteiger partial charge is 0.422 e. The summed E-state index contributed by atoms with van der Waals surface area (Å²) in [7, 11) is 0. The Labute approximate surface area is 93.6 Å². The Balaban J connectivity index is 2.32. The Hall–Kier alpha value is -0.710. The van der Waals surface area contributed by atoms with E-state index >= 15 is 0 Å². The molecule has 1 aliphatic carbocycles. The summed E-state index contributed by atoms with van der Waals surface area (Å²) in [6.07, 6.45) is -0.806. The minimum atomic E-state index is -4.26. The summed E-state index contributed by atoms with van der Waals surface area (Å²) < 4.78 is 40.5. The van der Waals surface area contributed by atoms with Crippen LogP contribution in [0, 0.1) is 11.3 Å². The van der Waals surface area contributed by atoms with Crippen LogP contribution in [-0.2, 0) is 4.74 Å². The third-order valence-corrected chi connectivity index (χ3v) is 2.94. The first-order chi connectivity index (χ1) is 7.30. The van der Waals surface area contributed by atoms with Gasteiger partial charge in [0.25, 0.3) is 0 Å². The van der Waals surface area contributed by atoms with E-state index in [0.29, 0.717) is 18.2 Å². The molecule has 0 aromatic heterocycles. The standard InChI is InChI=1S/C11H18F3NO/c1-3-8(6-15)4-10(2)5-9(10)16-7-11(12,13)14/h5,8H,3-4,6-7,15H2,1-2H3. The van der Waals surface area contributed by atoms with Gasteiger partial charge in [0, 0.05) is 5.41 Å². The molecule has 0 spiro atoms. The van der Waals surface area contributed by atoms with Crippen molar-refractivity contribution in [2.24, 2.45) is 17.1 Å². The molecule has 2 nitrogen and oxygen atoms in total. The fourth-order valence-electron chi connectivity index (χ4n) is 1.77. The number of ether oxygens (including phenoxy) is 1. The third-order valence-electron chi connectivity index (χ3n) is 2.94. The summed E-state index contributed by atoms with van der Waals surface area (Å²) in [5, 5.41) is 0. The van der Waals surface area contributed by atoms with Crippen LogP contribution in [0.15, 0.2) is 11.8 Å². The zero-order chi connectivity index (χ0) is 12.4. The fraction of sp³-hybridized carbons (Fsp3) is 0.818. The highest BCUT2D eigenvalue weighted by molar-refractivity contribution is 5.32. The van der Waals surface area contributed by atoms with Gasteiger partial charge in [-0.2, -0.15) is 13.2 Å². The zero-order valence-corrected chi connectivity index (χ0v) is 9.60. The van der Waals surface area contributed by atoms with E-state index in [1.54, 1.807) is 6.08 Å². The van der Waals surface area contributed by atoms with Gasteiger partial charge in [-0.3, -0.25) is 0 Å². The second kappa shape index (κ2) is 4.65. The van der Waals surface area contributed by atoms with E-state index in [4.69, 9.17) is 10.5 Å². The normalized spacial score (nSPS) is 26.2. The molecule has 0 amide bonds. The van der Waals surface area contributed by atoms with E-state index in [2.05, 4.69) is 0 Å². The van der Waals surface area contributed by atoms with Crippen molar-refractivity contribution in [1.82, 2.24) is 0 Å². The Morgan fingerprint density at radius 3 is 2.56 bits per heavy atom. The quantitative estimate of drug-likeness (QED) is 0.771. The lowest BCUT2D eigenvalue weighted by atomic mass is 9.89. The Morgan fingerprint density at radius 1 is 1.50 bits per heavy atom. The molecule has 2 atom stereocenters. The van der Waals surface area contributed by atoms with Gasteiger partial charge in [0.1, 0.15) is 5.76 Å². The number of allylic oxidation sites excluding steroid dienone is 2. The average Bonchev–Trinajstić information content (AvgIpc) is 2.82. The summed E-state index contributed by atoms with van der Waals surface area (Å²) in [5.74, 6) is 0.796. The van der Waals surface area contributed by atoms with Crippen LogP contribution < -0.4 is 5.73 Å². The van der Waals surface area contributed by atoms with E-state index in [1.807, 2.05) is 13.8 Å². The summed E-state index contributed by atoms with van der Waals surface area (Å²) in [5.41, 5.74) is 5.26. The maximum absolute atomic E-state index is 11.9. The van der Waals surface area contributed by atoms with Crippen LogP contribution in [0.25, 0.3) is 0 Å². The summed E-state index contributed by atoms with van der Waals surface area (Å²) in [4.78, 5) is 0. The van der Waals surface area contributed by atoms with Crippen LogP contribution in [0.4, 0.5) is 13.2 Å². The summed E-state index contributed by atoms with van der Waals surface area (Å²) in [6.45, 7) is 3.27. The minimum Gasteiger partial charge on any atom is -0.488 e. The van der Waals surface area contributed by atoms with Gasteiger partial charge in [-0.05, 0) is 31.9 Å². The van der Waals surface area contributed by atoms with Crippen LogP contribution in [0.3, 0.4) is 0 Å². The lowest BCUT2D eigenvalue weighted by Crippen LogP contribution is -2.20. The van der Waals surface area contributed by atoms with Gasteiger partial charge >= 0.3 is 6.18 Å². The molecule has 1 rings (SSSR count). The van der Waals surface area contributed by atoms with E-state index in [1.165, 1.54) is 0 Å². The van der Waals surface area contributed by atoms with Crippen LogP contribution in [0.5, 0.6) is 0 Å². The van der Waals surface area contributed by atoms with Crippen LogP contribution in [-0.4, -0.2) is 19.3 Å². The Bertz CT molecular complexity index is 271. The average molecular weight is 237 g/mol. The molecule has 0 aromatic rings. The minimum absolute atomic E-state index is 0.300. The van der Waals surface area contributed by atoms with Crippen LogP contribution >= 0.6 is 0 Å². The van der Waals surface area contributed by atoms with Gasteiger partial charge in [-0.1, -0.05) is 13.3 Å². The maximum Gasteiger partial charge on any atom is 0.422 e. The topological polar surface area (TPSA) is 35.2 Å². The zero-order valence-electron chi connectivity index (χ0n) is 9.60. The molecule has 0 bridgehead atoms. The van der Waals surface area contributed by atoms with Gasteiger partial charge in [-0.15, -0.1) is 0 Å². The molecule has 0 heterocycles. The first kappa shape index (κ1) is 13.4. The third kappa shape index (κ3) is 3.70. The van der Waals surface area contributed by atoms with Crippen molar-refractivity contribution in [2.75, 3.05) is 13.2 Å². The Morgan fingerprint density at radius 2 is 2.12 bits per heavy atom. The molecule has 0 aliphatic heterocycles. The second-order valence-electron chi connectivity index (χ2n) is 4.54. The van der Waals surface area contributed by atoms with Gasteiger partial charge < -0.3 is 10.5 Å². The van der Waals surface area contributed by atoms with Crippen molar-refractivity contribution in [2.45, 2.75) is 32.9 Å². The predicted octanol–water partition coefficient (Wildman–Crippen LogP) is 2.84. The Kier molecular flexibility index (Phi) is 3.88. The first-order valence-electron chi connectivity index (χ1n) is 5.43. The van der Waals surface area contributed by atoms with Gasteiger partial charge in [0.05, 0.1) is 0 Å². The highest BCUT2D eigenvalue weighted by Crippen LogP contribution is 2.49. The van der Waals surface area contributed by atoms with Crippen molar-refractivity contribution in [3.63, 3.8) is 0 Å². The van der Waals surface area contributed by atoms with E-state index < -0.39 is 12.8 Å². The molecule has 0 saturated heterocycles. The molecule has 5 heteroatoms. The van der Waals surface area contributed by atoms with Crippen LogP contribution in [0.2, 0.25) is 0 Å². The lowest BCUT2D eigenvalue weighted by Gasteiger charge is -2.19. The van der Waals surface area contributed by atoms with Crippen molar-refractivity contribution in [3.8, 4) is 0 Å². The molecule has 0 aromatic carbocycles. The summed E-state index contributed by atoms with van der Waals surface area (Å²) in [6, 6.07) is 0. The SMILES string of the molecule is CCC(CN)CC1(C)C=C1OCC(F)(F)F. The molecular weight excluding hydrogens is 219 g/mol. The number of alkyl halides is 3. The van der Waals surface area contributed by atoms with Crippen molar-refractivity contribution >= 4 is 0 Å². The van der Waals surface area contributed by atoms with Crippen LogP contribution in [0.1, 0.15) is 26.7 Å². The van der Waals surface area contributed by atoms with E-state index in [9.17, 15) is 13.2 Å². The molecule has 0 saturated carbocycles. The summed E-state index contributed by atoms with van der Waals surface area (Å²) >= 11 is 0. The number of hydrogen-bond donors (Lipinski definition) is 1. The monoisotopic (exact) mass is 237 g/mol. The molecule has 94 valence electrons. The number of nitrogens with two attached hydrogens (primary N) is 1. The predicted molar refractivity (Wildman–Crippen MR) is 55.6 cm³/mol. The van der Waals surface area contributed by atoms with Gasteiger partial charge in [0.2, 0.25) is 0 Å². The van der Waals surface area contributed by atoms with E-state index in [-0.39, 0.29) is 5.41 Å².